The molecule has 1 N–H and O–H groups in total. The van der Waals surface area contributed by atoms with E-state index in [-0.39, 0.29) is 36.0 Å². The number of rotatable bonds is 6. The van der Waals surface area contributed by atoms with Gasteiger partial charge >= 0.3 is 16.1 Å². The molecule has 4 aromatic carbocycles. The summed E-state index contributed by atoms with van der Waals surface area (Å²) >= 11 is 15.7. The highest BCUT2D eigenvalue weighted by molar-refractivity contribution is 8.00. The van der Waals surface area contributed by atoms with Crippen LogP contribution in [-0.4, -0.2) is 38.8 Å². The molecule has 3 aliphatic heterocycles. The summed E-state index contributed by atoms with van der Waals surface area (Å²) < 4.78 is 82.3. The van der Waals surface area contributed by atoms with Gasteiger partial charge in [0, 0.05) is 75.5 Å². The van der Waals surface area contributed by atoms with Gasteiger partial charge in [-0.3, -0.25) is 9.35 Å². The minimum Gasteiger partial charge on any atom is -0.456 e. The molecule has 0 radical (unpaired) electrons. The first-order valence-corrected chi connectivity index (χ1v) is 23.0. The Morgan fingerprint density at radius 2 is 1.66 bits per heavy atom. The number of hydrogen-bond donors (Lipinski definition) is 1. The number of benzene rings is 4. The Kier molecular flexibility index (Phi) is 9.44. The van der Waals surface area contributed by atoms with E-state index in [0.717, 1.165) is 56.6 Å². The van der Waals surface area contributed by atoms with Gasteiger partial charge in [-0.25, -0.2) is 13.4 Å². The van der Waals surface area contributed by atoms with Crippen LogP contribution in [0.25, 0.3) is 26.5 Å². The lowest BCUT2D eigenvalue weighted by molar-refractivity contribution is -0.131. The van der Waals surface area contributed by atoms with E-state index in [0.29, 0.717) is 49.5 Å². The van der Waals surface area contributed by atoms with Crippen LogP contribution in [-0.2, 0) is 26.0 Å². The zero-order valence-corrected chi connectivity index (χ0v) is 36.9. The molecular formula is C43H33Cl2F2N2O6S4+. The van der Waals surface area contributed by atoms with Crippen molar-refractivity contribution >= 4 is 85.0 Å². The summed E-state index contributed by atoms with van der Waals surface area (Å²) in [6.45, 7) is 8.19. The lowest BCUT2D eigenvalue weighted by Crippen LogP contribution is -2.46. The van der Waals surface area contributed by atoms with Crippen molar-refractivity contribution in [2.45, 2.75) is 47.9 Å². The molecular weight excluding hydrogens is 878 g/mol. The highest BCUT2D eigenvalue weighted by atomic mass is 35.5. The van der Waals surface area contributed by atoms with Gasteiger partial charge in [-0.1, -0.05) is 29.3 Å². The normalized spacial score (nSPS) is 15.7. The largest absolute Gasteiger partial charge is 0.456 e. The number of thioether (sulfide) groups is 1. The maximum atomic E-state index is 17.2. The van der Waals surface area contributed by atoms with Crippen LogP contribution in [0.2, 0.25) is 10.0 Å². The number of thiophene rings is 2. The summed E-state index contributed by atoms with van der Waals surface area (Å²) in [5.41, 5.74) is 3.64. The minimum absolute atomic E-state index is 0.0333. The van der Waals surface area contributed by atoms with E-state index in [9.17, 15) is 17.8 Å². The van der Waals surface area contributed by atoms with Crippen molar-refractivity contribution in [3.05, 3.63) is 127 Å². The van der Waals surface area contributed by atoms with Crippen molar-refractivity contribution in [1.29, 1.82) is 0 Å². The average molecular weight is 911 g/mol. The highest BCUT2D eigenvalue weighted by Gasteiger charge is 2.42. The molecule has 59 heavy (non-hydrogen) atoms. The van der Waals surface area contributed by atoms with Crippen LogP contribution in [0.15, 0.2) is 81.2 Å². The van der Waals surface area contributed by atoms with Crippen molar-refractivity contribution in [2.24, 2.45) is 0 Å². The number of halogens is 4. The summed E-state index contributed by atoms with van der Waals surface area (Å²) in [7, 11) is -0.645. The van der Waals surface area contributed by atoms with E-state index < -0.39 is 39.0 Å². The average Bonchev–Trinajstić information content (AvgIpc) is 3.87. The molecule has 0 amide bonds. The number of fused-ring (bicyclic) bond motifs is 8. The van der Waals surface area contributed by atoms with Crippen LogP contribution in [0.3, 0.4) is 0 Å². The number of nitrogens with zero attached hydrogens (tertiary/aromatic N) is 2. The molecule has 0 saturated heterocycles. The summed E-state index contributed by atoms with van der Waals surface area (Å²) in [5, 5.41) is 3.68. The molecule has 2 aromatic heterocycles. The van der Waals surface area contributed by atoms with Crippen LogP contribution in [0.4, 0.5) is 14.5 Å². The lowest BCUT2D eigenvalue weighted by Gasteiger charge is -2.43. The predicted molar refractivity (Wildman–Crippen MR) is 231 cm³/mol. The van der Waals surface area contributed by atoms with Crippen molar-refractivity contribution < 1.29 is 36.0 Å². The molecule has 3 aliphatic rings. The van der Waals surface area contributed by atoms with Crippen LogP contribution >= 0.6 is 57.6 Å². The van der Waals surface area contributed by atoms with Gasteiger partial charge in [0.15, 0.2) is 11.3 Å². The van der Waals surface area contributed by atoms with Gasteiger partial charge in [-0.2, -0.15) is 8.42 Å². The molecule has 0 fully saturated rings. The fourth-order valence-electron chi connectivity index (χ4n) is 7.99. The third-order valence-corrected chi connectivity index (χ3v) is 16.5. The standard InChI is InChI=1S/C43H32Cl2F2N2O6S4/c1-42(2)26-10-11-56-40(26)21-14-23-32(17-30(21)48(42)5)54-33-18-31-22(41-27(43(3,4)49(31)6)16-36(58-41)59(51,52)53)15-24(33)37(23)25-12-20(46)13-34(38(25)47)57-19-35(50)55-39-28(44)8-7-9-29(39)45/h7-18H,19H2,1-6H3/p+1. The SMILES string of the molecule is CN1c2cc3c(cc2-c2sc(S(=O)(=O)O)cc2C1(C)C)C(c1cc(F)cc(SCC(=O)Oc2c(Cl)cccc2Cl)c1F)=c1cc2c(cc1O3)=[N+](C)C(C)(C)c1ccsc1-2. The number of hydrogen-bond acceptors (Lipinski definition) is 9. The topological polar surface area (TPSA) is 96.2 Å². The van der Waals surface area contributed by atoms with Gasteiger partial charge in [0.05, 0.1) is 37.8 Å². The van der Waals surface area contributed by atoms with E-state index >= 15 is 8.78 Å². The van der Waals surface area contributed by atoms with E-state index in [4.69, 9.17) is 32.7 Å². The second-order valence-electron chi connectivity index (χ2n) is 15.5. The van der Waals surface area contributed by atoms with E-state index in [1.165, 1.54) is 18.2 Å². The van der Waals surface area contributed by atoms with Gasteiger partial charge in [-0.05, 0) is 73.3 Å². The Hall–Kier alpha value is -4.28. The first-order valence-electron chi connectivity index (χ1n) is 18.1. The molecule has 0 aliphatic carbocycles. The lowest BCUT2D eigenvalue weighted by atomic mass is 9.83. The second-order valence-corrected chi connectivity index (χ2v) is 20.9. The summed E-state index contributed by atoms with van der Waals surface area (Å²) in [5.74, 6) is -1.92. The van der Waals surface area contributed by atoms with Crippen LogP contribution in [0.1, 0.15) is 49.9 Å². The Balaban J connectivity index is 1.28. The Morgan fingerprint density at radius 3 is 2.37 bits per heavy atom. The van der Waals surface area contributed by atoms with Crippen LogP contribution < -0.4 is 29.5 Å². The fraction of sp³-hybridized carbons (Fsp3) is 0.209. The number of ether oxygens (including phenoxy) is 2. The third-order valence-electron chi connectivity index (χ3n) is 11.5. The molecule has 0 unspecified atom stereocenters. The third kappa shape index (κ3) is 6.33. The Morgan fingerprint density at radius 1 is 0.932 bits per heavy atom. The number of esters is 1. The molecule has 8 nitrogen and oxygen atoms in total. The quantitative estimate of drug-likeness (QED) is 0.0580. The Bertz CT molecular complexity index is 3090. The van der Waals surface area contributed by atoms with Gasteiger partial charge in [0.1, 0.15) is 34.4 Å². The van der Waals surface area contributed by atoms with Crippen molar-refractivity contribution in [3.63, 3.8) is 0 Å². The van der Waals surface area contributed by atoms with Crippen LogP contribution in [0, 0.1) is 11.6 Å². The molecule has 9 rings (SSSR count). The molecule has 0 atom stereocenters. The molecule has 16 heteroatoms. The number of carbonyl (C=O) groups excluding carboxylic acids is 1. The maximum absolute atomic E-state index is 17.2. The smallest absolute Gasteiger partial charge is 0.321 e. The first-order chi connectivity index (χ1) is 27.8. The Labute approximate surface area is 360 Å². The van der Waals surface area contributed by atoms with Gasteiger partial charge in [0.25, 0.3) is 0 Å². The van der Waals surface area contributed by atoms with Crippen molar-refractivity contribution in [1.82, 2.24) is 4.58 Å². The molecule has 0 spiro atoms. The number of carbonyl (C=O) groups is 1. The van der Waals surface area contributed by atoms with E-state index in [2.05, 4.69) is 24.5 Å². The van der Waals surface area contributed by atoms with Crippen molar-refractivity contribution in [2.75, 3.05) is 24.7 Å². The minimum atomic E-state index is -4.54. The molecule has 0 bridgehead atoms. The summed E-state index contributed by atoms with van der Waals surface area (Å²) in [6.07, 6.45) is 0. The molecule has 5 heterocycles. The molecule has 302 valence electrons. The number of anilines is 1. The maximum Gasteiger partial charge on any atom is 0.321 e. The zero-order valence-electron chi connectivity index (χ0n) is 32.2. The van der Waals surface area contributed by atoms with Gasteiger partial charge in [-0.15, -0.1) is 34.4 Å². The van der Waals surface area contributed by atoms with Gasteiger partial charge in [0.2, 0.25) is 5.36 Å². The highest BCUT2D eigenvalue weighted by Crippen LogP contribution is 2.54. The zero-order chi connectivity index (χ0) is 42.1. The predicted octanol–water partition coefficient (Wildman–Crippen LogP) is 10.1. The van der Waals surface area contributed by atoms with Gasteiger partial charge < -0.3 is 14.4 Å². The van der Waals surface area contributed by atoms with E-state index in [1.54, 1.807) is 17.4 Å². The van der Waals surface area contributed by atoms with E-state index in [1.807, 2.05) is 62.5 Å². The second kappa shape index (κ2) is 13.9. The summed E-state index contributed by atoms with van der Waals surface area (Å²) in [6, 6.07) is 17.9. The number of para-hydroxylation sites is 1. The molecule has 0 saturated carbocycles. The van der Waals surface area contributed by atoms with Crippen LogP contribution in [0.5, 0.6) is 17.2 Å². The van der Waals surface area contributed by atoms with Crippen molar-refractivity contribution in [3.8, 4) is 38.1 Å². The monoisotopic (exact) mass is 909 g/mol. The fourth-order valence-corrected chi connectivity index (χ4v) is 12.3. The molecule has 6 aromatic rings. The first kappa shape index (κ1) is 40.1. The summed E-state index contributed by atoms with van der Waals surface area (Å²) in [4.78, 5) is 16.5.